The normalized spacial score (nSPS) is 24.2. The van der Waals surface area contributed by atoms with E-state index in [-0.39, 0.29) is 11.0 Å². The third-order valence-electron chi connectivity index (χ3n) is 6.10. The number of sulfone groups is 1. The Labute approximate surface area is 188 Å². The topological polar surface area (TPSA) is 84.7 Å². The lowest BCUT2D eigenvalue weighted by Gasteiger charge is -2.36. The van der Waals surface area contributed by atoms with E-state index in [9.17, 15) is 21.6 Å². The van der Waals surface area contributed by atoms with Gasteiger partial charge in [0.15, 0.2) is 21.3 Å². The molecule has 2 aliphatic heterocycles. The second-order valence-corrected chi connectivity index (χ2v) is 10.4. The number of piperazine rings is 1. The van der Waals surface area contributed by atoms with E-state index in [1.807, 2.05) is 4.90 Å². The summed E-state index contributed by atoms with van der Waals surface area (Å²) in [6.45, 7) is 3.32. The standard InChI is InChI=1S/C22H22F3N3O4S/c1-13-27-18-6-5-15(11-20(18)31-13)32-16-10-19-21(26-7-8-28(19)12-16)33(29,30)17-4-2-3-14(9-17)22(23,24)25/h2-6,9,11,16,19,21,26H,7-8,10,12H2,1H3/t16-,19-,21?/m0/s1. The van der Waals surface area contributed by atoms with Crippen molar-refractivity contribution in [3.8, 4) is 5.75 Å². The molecule has 11 heteroatoms. The number of aromatic nitrogens is 1. The van der Waals surface area contributed by atoms with Crippen LogP contribution < -0.4 is 10.1 Å². The quantitative estimate of drug-likeness (QED) is 0.612. The first-order valence-corrected chi connectivity index (χ1v) is 12.1. The first-order chi connectivity index (χ1) is 15.6. The summed E-state index contributed by atoms with van der Waals surface area (Å²) < 4.78 is 77.6. The minimum Gasteiger partial charge on any atom is -0.489 e. The van der Waals surface area contributed by atoms with Gasteiger partial charge in [0.2, 0.25) is 0 Å². The third-order valence-corrected chi connectivity index (χ3v) is 8.16. The Hall–Kier alpha value is -2.63. The van der Waals surface area contributed by atoms with Crippen molar-refractivity contribution in [2.45, 2.75) is 41.9 Å². The first kappa shape index (κ1) is 22.2. The maximum atomic E-state index is 13.3. The zero-order valence-electron chi connectivity index (χ0n) is 17.7. The van der Waals surface area contributed by atoms with Crippen LogP contribution in [0.5, 0.6) is 5.75 Å². The first-order valence-electron chi connectivity index (χ1n) is 10.5. The Kier molecular flexibility index (Phi) is 5.37. The van der Waals surface area contributed by atoms with Crippen molar-refractivity contribution in [1.82, 2.24) is 15.2 Å². The van der Waals surface area contributed by atoms with E-state index in [2.05, 4.69) is 10.3 Å². The summed E-state index contributed by atoms with van der Waals surface area (Å²) in [6.07, 6.45) is -4.47. The molecule has 0 amide bonds. The van der Waals surface area contributed by atoms with Gasteiger partial charge >= 0.3 is 6.18 Å². The van der Waals surface area contributed by atoms with Crippen molar-refractivity contribution in [1.29, 1.82) is 0 Å². The molecule has 1 N–H and O–H groups in total. The zero-order chi connectivity index (χ0) is 23.4. The van der Waals surface area contributed by atoms with Crippen molar-refractivity contribution >= 4 is 20.9 Å². The van der Waals surface area contributed by atoms with Crippen LogP contribution in [-0.2, 0) is 16.0 Å². The minimum atomic E-state index is -4.62. The predicted molar refractivity (Wildman–Crippen MR) is 114 cm³/mol. The summed E-state index contributed by atoms with van der Waals surface area (Å²) >= 11 is 0. The lowest BCUT2D eigenvalue weighted by Crippen LogP contribution is -2.58. The van der Waals surface area contributed by atoms with E-state index in [1.165, 1.54) is 6.07 Å². The SMILES string of the molecule is Cc1nc2ccc(O[C@H]3C[C@H]4C(S(=O)(=O)c5cccc(C(F)(F)F)c5)NCCN4C3)cc2o1. The maximum absolute atomic E-state index is 13.3. The molecular weight excluding hydrogens is 459 g/mol. The predicted octanol–water partition coefficient (Wildman–Crippen LogP) is 3.38. The number of alkyl halides is 3. The Morgan fingerprint density at radius 3 is 2.82 bits per heavy atom. The molecule has 0 spiro atoms. The molecule has 3 aromatic rings. The second-order valence-electron chi connectivity index (χ2n) is 8.35. The van der Waals surface area contributed by atoms with E-state index < -0.39 is 33.0 Å². The Bertz CT molecular complexity index is 1290. The van der Waals surface area contributed by atoms with Gasteiger partial charge < -0.3 is 9.15 Å². The summed E-state index contributed by atoms with van der Waals surface area (Å²) in [7, 11) is -4.05. The number of benzene rings is 2. The molecule has 33 heavy (non-hydrogen) atoms. The number of nitrogens with one attached hydrogen (secondary N) is 1. The summed E-state index contributed by atoms with van der Waals surface area (Å²) in [6, 6.07) is 8.82. The minimum absolute atomic E-state index is 0.268. The summed E-state index contributed by atoms with van der Waals surface area (Å²) in [5.74, 6) is 1.14. The number of rotatable bonds is 4. The lowest BCUT2D eigenvalue weighted by atomic mass is 10.1. The van der Waals surface area contributed by atoms with Gasteiger partial charge in [-0.25, -0.2) is 13.4 Å². The van der Waals surface area contributed by atoms with Gasteiger partial charge in [-0.05, 0) is 30.3 Å². The van der Waals surface area contributed by atoms with Crippen LogP contribution in [0.4, 0.5) is 13.2 Å². The summed E-state index contributed by atoms with van der Waals surface area (Å²) in [5, 5.41) is 1.98. The molecule has 2 fully saturated rings. The molecule has 0 bridgehead atoms. The molecule has 3 atom stereocenters. The number of hydrogen-bond acceptors (Lipinski definition) is 7. The van der Waals surface area contributed by atoms with Crippen LogP contribution in [-0.4, -0.2) is 55.5 Å². The molecule has 2 aromatic carbocycles. The number of hydrogen-bond donors (Lipinski definition) is 1. The number of aryl methyl sites for hydroxylation is 1. The Morgan fingerprint density at radius 1 is 1.21 bits per heavy atom. The van der Waals surface area contributed by atoms with Crippen LogP contribution >= 0.6 is 0 Å². The van der Waals surface area contributed by atoms with E-state index >= 15 is 0 Å². The highest BCUT2D eigenvalue weighted by Crippen LogP contribution is 2.34. The molecule has 1 unspecified atom stereocenters. The van der Waals surface area contributed by atoms with E-state index in [1.54, 1.807) is 25.1 Å². The smallest absolute Gasteiger partial charge is 0.416 e. The molecule has 2 saturated heterocycles. The highest BCUT2D eigenvalue weighted by molar-refractivity contribution is 7.92. The zero-order valence-corrected chi connectivity index (χ0v) is 18.5. The fourth-order valence-corrected chi connectivity index (χ4v) is 6.52. The van der Waals surface area contributed by atoms with Crippen molar-refractivity contribution < 1.29 is 30.7 Å². The molecule has 176 valence electrons. The molecule has 0 saturated carbocycles. The fourth-order valence-electron chi connectivity index (χ4n) is 4.63. The number of fused-ring (bicyclic) bond motifs is 2. The molecule has 5 rings (SSSR count). The average Bonchev–Trinajstić information content (AvgIpc) is 3.34. The molecule has 0 aliphatic carbocycles. The van der Waals surface area contributed by atoms with Crippen molar-refractivity contribution in [3.05, 3.63) is 53.9 Å². The Balaban J connectivity index is 1.36. The van der Waals surface area contributed by atoms with Gasteiger partial charge in [-0.2, -0.15) is 13.2 Å². The molecule has 0 radical (unpaired) electrons. The maximum Gasteiger partial charge on any atom is 0.416 e. The van der Waals surface area contributed by atoms with Crippen LogP contribution in [0.1, 0.15) is 17.9 Å². The van der Waals surface area contributed by atoms with E-state index in [0.29, 0.717) is 49.3 Å². The fraction of sp³-hybridized carbons (Fsp3) is 0.409. The summed E-state index contributed by atoms with van der Waals surface area (Å²) in [5.41, 5.74) is 0.342. The third kappa shape index (κ3) is 4.20. The highest BCUT2D eigenvalue weighted by atomic mass is 32.2. The van der Waals surface area contributed by atoms with Crippen LogP contribution in [0, 0.1) is 6.92 Å². The van der Waals surface area contributed by atoms with E-state index in [0.717, 1.165) is 17.6 Å². The largest absolute Gasteiger partial charge is 0.489 e. The van der Waals surface area contributed by atoms with Gasteiger partial charge in [0.05, 0.1) is 10.5 Å². The van der Waals surface area contributed by atoms with Gasteiger partial charge in [0.25, 0.3) is 0 Å². The molecule has 3 heterocycles. The van der Waals surface area contributed by atoms with Crippen molar-refractivity contribution in [3.63, 3.8) is 0 Å². The highest BCUT2D eigenvalue weighted by Gasteiger charge is 2.46. The average molecular weight is 481 g/mol. The van der Waals surface area contributed by atoms with Gasteiger partial charge in [0, 0.05) is 45.1 Å². The van der Waals surface area contributed by atoms with Crippen LogP contribution in [0.15, 0.2) is 51.8 Å². The van der Waals surface area contributed by atoms with Gasteiger partial charge in [0.1, 0.15) is 22.7 Å². The summed E-state index contributed by atoms with van der Waals surface area (Å²) in [4.78, 5) is 5.94. The van der Waals surface area contributed by atoms with Crippen LogP contribution in [0.25, 0.3) is 11.1 Å². The number of halogens is 3. The number of oxazole rings is 1. The Morgan fingerprint density at radius 2 is 2.03 bits per heavy atom. The second kappa shape index (κ2) is 8.00. The molecule has 2 aliphatic rings. The van der Waals surface area contributed by atoms with Crippen LogP contribution in [0.3, 0.4) is 0 Å². The lowest BCUT2D eigenvalue weighted by molar-refractivity contribution is -0.137. The number of ether oxygens (including phenoxy) is 1. The molecular formula is C22H22F3N3O4S. The monoisotopic (exact) mass is 481 g/mol. The van der Waals surface area contributed by atoms with Crippen molar-refractivity contribution in [2.75, 3.05) is 19.6 Å². The van der Waals surface area contributed by atoms with Gasteiger partial charge in [-0.3, -0.25) is 10.2 Å². The van der Waals surface area contributed by atoms with E-state index in [4.69, 9.17) is 9.15 Å². The van der Waals surface area contributed by atoms with Crippen molar-refractivity contribution in [2.24, 2.45) is 0 Å². The van der Waals surface area contributed by atoms with Gasteiger partial charge in [-0.15, -0.1) is 0 Å². The molecule has 1 aromatic heterocycles. The molecule has 7 nitrogen and oxygen atoms in total. The van der Waals surface area contributed by atoms with Gasteiger partial charge in [-0.1, -0.05) is 6.07 Å². The van der Waals surface area contributed by atoms with Crippen LogP contribution in [0.2, 0.25) is 0 Å². The number of nitrogens with zero attached hydrogens (tertiary/aromatic N) is 2.